The third kappa shape index (κ3) is 5.12. The monoisotopic (exact) mass is 246 g/mol. The van der Waals surface area contributed by atoms with E-state index in [9.17, 15) is 9.59 Å². The molecule has 1 fully saturated rings. The Bertz CT molecular complexity index is 265. The Labute approximate surface area is 99.1 Å². The number of carboxylic acids is 1. The van der Waals surface area contributed by atoms with Crippen molar-refractivity contribution in [2.45, 2.75) is 24.9 Å². The molecule has 1 heterocycles. The number of aliphatic hydroxyl groups excluding tert-OH is 1. The van der Waals surface area contributed by atoms with Crippen LogP contribution < -0.4 is 10.6 Å². The molecule has 0 radical (unpaired) electrons. The summed E-state index contributed by atoms with van der Waals surface area (Å²) in [5.74, 6) is -1.49. The number of aliphatic carboxylic acids is 1. The maximum Gasteiger partial charge on any atom is 0.326 e. The van der Waals surface area contributed by atoms with Crippen LogP contribution in [0.2, 0.25) is 0 Å². The predicted molar refractivity (Wildman–Crippen MR) is 58.5 cm³/mol. The van der Waals surface area contributed by atoms with Gasteiger partial charge in [-0.1, -0.05) is 0 Å². The molecule has 1 unspecified atom stereocenters. The van der Waals surface area contributed by atoms with Gasteiger partial charge in [0.05, 0.1) is 13.2 Å². The molecule has 0 aromatic carbocycles. The maximum absolute atomic E-state index is 11.5. The summed E-state index contributed by atoms with van der Waals surface area (Å²) in [4.78, 5) is 22.3. The third-order valence-electron chi connectivity index (χ3n) is 2.48. The van der Waals surface area contributed by atoms with Crippen molar-refractivity contribution in [3.05, 3.63) is 0 Å². The van der Waals surface area contributed by atoms with Gasteiger partial charge in [0.1, 0.15) is 6.04 Å². The Morgan fingerprint density at radius 1 is 1.53 bits per heavy atom. The van der Waals surface area contributed by atoms with E-state index in [0.717, 1.165) is 0 Å². The van der Waals surface area contributed by atoms with E-state index in [1.54, 1.807) is 0 Å². The van der Waals surface area contributed by atoms with Crippen LogP contribution in [0.25, 0.3) is 0 Å². The molecule has 1 aliphatic rings. The van der Waals surface area contributed by atoms with Crippen LogP contribution in [-0.2, 0) is 14.3 Å². The number of hydrogen-bond donors (Lipinski definition) is 4. The lowest BCUT2D eigenvalue weighted by atomic mass is 10.1. The van der Waals surface area contributed by atoms with E-state index in [-0.39, 0.29) is 31.4 Å². The van der Waals surface area contributed by atoms with E-state index in [4.69, 9.17) is 14.9 Å². The summed E-state index contributed by atoms with van der Waals surface area (Å²) >= 11 is 0. The second-order valence-corrected chi connectivity index (χ2v) is 3.90. The van der Waals surface area contributed by atoms with Gasteiger partial charge in [0.2, 0.25) is 5.91 Å². The van der Waals surface area contributed by atoms with Crippen molar-refractivity contribution in [1.29, 1.82) is 0 Å². The van der Waals surface area contributed by atoms with Gasteiger partial charge in [0.25, 0.3) is 0 Å². The molecule has 0 aromatic rings. The average Bonchev–Trinajstić information content (AvgIpc) is 2.29. The lowest BCUT2D eigenvalue weighted by Gasteiger charge is -2.24. The number of hydrogen-bond acceptors (Lipinski definition) is 5. The van der Waals surface area contributed by atoms with E-state index < -0.39 is 12.0 Å². The van der Waals surface area contributed by atoms with Gasteiger partial charge in [0, 0.05) is 32.0 Å². The molecule has 0 spiro atoms. The normalized spacial score (nSPS) is 21.8. The fraction of sp³-hybridized carbons (Fsp3) is 0.800. The van der Waals surface area contributed by atoms with Crippen LogP contribution in [0.3, 0.4) is 0 Å². The zero-order valence-corrected chi connectivity index (χ0v) is 9.52. The summed E-state index contributed by atoms with van der Waals surface area (Å²) in [5.41, 5.74) is 0. The summed E-state index contributed by atoms with van der Waals surface area (Å²) in [6, 6.07) is -1.11. The number of carboxylic acid groups (broad SMARTS) is 1. The van der Waals surface area contributed by atoms with Crippen molar-refractivity contribution in [3.63, 3.8) is 0 Å². The van der Waals surface area contributed by atoms with Crippen LogP contribution in [0, 0.1) is 0 Å². The Morgan fingerprint density at radius 3 is 2.82 bits per heavy atom. The number of amides is 1. The molecule has 98 valence electrons. The highest BCUT2D eigenvalue weighted by atomic mass is 16.5. The number of morpholine rings is 1. The van der Waals surface area contributed by atoms with E-state index in [1.165, 1.54) is 0 Å². The minimum Gasteiger partial charge on any atom is -0.480 e. The van der Waals surface area contributed by atoms with Crippen LogP contribution >= 0.6 is 0 Å². The molecule has 0 aromatic heterocycles. The van der Waals surface area contributed by atoms with Crippen molar-refractivity contribution >= 4 is 11.9 Å². The first-order chi connectivity index (χ1) is 8.13. The molecular formula is C10H18N2O5. The first-order valence-electron chi connectivity index (χ1n) is 5.57. The summed E-state index contributed by atoms with van der Waals surface area (Å²) in [6.07, 6.45) is 0.185. The highest BCUT2D eigenvalue weighted by Gasteiger charge is 2.22. The minimum absolute atomic E-state index is 0.00959. The molecular weight excluding hydrogens is 228 g/mol. The highest BCUT2D eigenvalue weighted by molar-refractivity contribution is 5.83. The van der Waals surface area contributed by atoms with Crippen LogP contribution in [0.1, 0.15) is 12.8 Å². The van der Waals surface area contributed by atoms with Gasteiger partial charge in [-0.2, -0.15) is 0 Å². The first-order valence-corrected chi connectivity index (χ1v) is 5.57. The smallest absolute Gasteiger partial charge is 0.326 e. The number of nitrogens with one attached hydrogen (secondary N) is 2. The SMILES string of the molecule is O=C(CC1COCCN1)N[C@H](CCO)C(=O)O. The number of carbonyl (C=O) groups excluding carboxylic acids is 1. The van der Waals surface area contributed by atoms with Gasteiger partial charge in [-0.15, -0.1) is 0 Å². The largest absolute Gasteiger partial charge is 0.480 e. The molecule has 1 saturated heterocycles. The lowest BCUT2D eigenvalue weighted by Crippen LogP contribution is -2.47. The molecule has 1 amide bonds. The van der Waals surface area contributed by atoms with Crippen LogP contribution in [0.5, 0.6) is 0 Å². The minimum atomic E-state index is -1.14. The van der Waals surface area contributed by atoms with Crippen molar-refractivity contribution in [2.75, 3.05) is 26.4 Å². The van der Waals surface area contributed by atoms with Gasteiger partial charge in [-0.25, -0.2) is 4.79 Å². The first kappa shape index (κ1) is 13.9. The van der Waals surface area contributed by atoms with Crippen LogP contribution in [0.4, 0.5) is 0 Å². The maximum atomic E-state index is 11.5. The fourth-order valence-electron chi connectivity index (χ4n) is 1.61. The molecule has 0 aliphatic carbocycles. The van der Waals surface area contributed by atoms with Crippen LogP contribution in [0.15, 0.2) is 0 Å². The zero-order chi connectivity index (χ0) is 12.7. The Hall–Kier alpha value is -1.18. The summed E-state index contributed by atoms with van der Waals surface area (Å²) in [7, 11) is 0. The van der Waals surface area contributed by atoms with E-state index in [0.29, 0.717) is 19.8 Å². The summed E-state index contributed by atoms with van der Waals surface area (Å²) in [6.45, 7) is 1.49. The Balaban J connectivity index is 2.33. The van der Waals surface area contributed by atoms with Gasteiger partial charge in [0.15, 0.2) is 0 Å². The zero-order valence-electron chi connectivity index (χ0n) is 9.52. The molecule has 7 nitrogen and oxygen atoms in total. The van der Waals surface area contributed by atoms with Gasteiger partial charge in [-0.3, -0.25) is 4.79 Å². The average molecular weight is 246 g/mol. The Kier molecular flexibility index (Phi) is 5.88. The van der Waals surface area contributed by atoms with Crippen molar-refractivity contribution < 1.29 is 24.5 Å². The Morgan fingerprint density at radius 2 is 2.29 bits per heavy atom. The lowest BCUT2D eigenvalue weighted by molar-refractivity contribution is -0.142. The second kappa shape index (κ2) is 7.21. The molecule has 0 saturated carbocycles. The van der Waals surface area contributed by atoms with Crippen molar-refractivity contribution in [3.8, 4) is 0 Å². The molecule has 4 N–H and O–H groups in total. The molecule has 0 bridgehead atoms. The van der Waals surface area contributed by atoms with Crippen LogP contribution in [-0.4, -0.2) is 60.5 Å². The van der Waals surface area contributed by atoms with E-state index >= 15 is 0 Å². The fourth-order valence-corrected chi connectivity index (χ4v) is 1.61. The number of carbonyl (C=O) groups is 2. The number of aliphatic hydroxyl groups is 1. The molecule has 1 rings (SSSR count). The summed E-state index contributed by atoms with van der Waals surface area (Å²) in [5, 5.41) is 22.9. The second-order valence-electron chi connectivity index (χ2n) is 3.90. The van der Waals surface area contributed by atoms with Gasteiger partial charge in [-0.05, 0) is 0 Å². The third-order valence-corrected chi connectivity index (χ3v) is 2.48. The summed E-state index contributed by atoms with van der Waals surface area (Å²) < 4.78 is 5.18. The van der Waals surface area contributed by atoms with Gasteiger partial charge < -0.3 is 25.6 Å². The van der Waals surface area contributed by atoms with E-state index in [2.05, 4.69) is 10.6 Å². The molecule has 7 heteroatoms. The van der Waals surface area contributed by atoms with Crippen molar-refractivity contribution in [2.24, 2.45) is 0 Å². The number of rotatable bonds is 6. The highest BCUT2D eigenvalue weighted by Crippen LogP contribution is 2.00. The number of ether oxygens (including phenoxy) is 1. The van der Waals surface area contributed by atoms with Gasteiger partial charge >= 0.3 is 5.97 Å². The standard InChI is InChI=1S/C10H18N2O5/c13-3-1-8(10(15)16)12-9(14)5-7-6-17-4-2-11-7/h7-8,11,13H,1-6H2,(H,12,14)(H,15,16)/t7?,8-/m1/s1. The van der Waals surface area contributed by atoms with Crippen molar-refractivity contribution in [1.82, 2.24) is 10.6 Å². The molecule has 2 atom stereocenters. The van der Waals surface area contributed by atoms with E-state index in [1.807, 2.05) is 0 Å². The predicted octanol–water partition coefficient (Wildman–Crippen LogP) is -1.68. The topological polar surface area (TPSA) is 108 Å². The quantitative estimate of drug-likeness (QED) is 0.446. The molecule has 1 aliphatic heterocycles. The molecule has 17 heavy (non-hydrogen) atoms.